The summed E-state index contributed by atoms with van der Waals surface area (Å²) in [5.74, 6) is -2.22. The summed E-state index contributed by atoms with van der Waals surface area (Å²) in [7, 11) is 1.35. The molecule has 0 bridgehead atoms. The molecule has 72 valence electrons. The van der Waals surface area contributed by atoms with Crippen molar-refractivity contribution in [1.82, 2.24) is 0 Å². The zero-order chi connectivity index (χ0) is 9.84. The van der Waals surface area contributed by atoms with Crippen molar-refractivity contribution in [3.63, 3.8) is 0 Å². The van der Waals surface area contributed by atoms with E-state index in [4.69, 9.17) is 5.73 Å². The molecule has 1 rings (SSSR count). The van der Waals surface area contributed by atoms with Crippen LogP contribution in [-0.2, 0) is 4.74 Å². The molecule has 0 aliphatic rings. The molecule has 0 aromatic heterocycles. The van der Waals surface area contributed by atoms with Crippen LogP contribution < -0.4 is 10.5 Å². The number of hydrogen-bond donors (Lipinski definition) is 1. The molecule has 0 heterocycles. The second-order valence-corrected chi connectivity index (χ2v) is 2.33. The van der Waals surface area contributed by atoms with Crippen LogP contribution in [0.15, 0.2) is 12.1 Å². The highest BCUT2D eigenvalue weighted by Gasteiger charge is 2.12. The number of methoxy groups -OCH3 is 1. The summed E-state index contributed by atoms with van der Waals surface area (Å²) in [6.07, 6.45) is 0. The standard InChI is InChI=1S/C8H9F2NO2/c1-12-4-13-8-5(9)2-3-6(11)7(8)10/h2-3H,4,11H2,1H3. The Morgan fingerprint density at radius 2 is 2.08 bits per heavy atom. The minimum absolute atomic E-state index is 0.160. The van der Waals surface area contributed by atoms with E-state index in [0.29, 0.717) is 0 Å². The van der Waals surface area contributed by atoms with Crippen molar-refractivity contribution >= 4 is 5.69 Å². The SMILES string of the molecule is COCOc1c(F)ccc(N)c1F. The lowest BCUT2D eigenvalue weighted by Crippen LogP contribution is -2.04. The topological polar surface area (TPSA) is 44.5 Å². The summed E-state index contributed by atoms with van der Waals surface area (Å²) in [5, 5.41) is 0. The number of nitrogen functional groups attached to an aromatic ring is 1. The zero-order valence-corrected chi connectivity index (χ0v) is 7.01. The first-order chi connectivity index (χ1) is 6.16. The third-order valence-corrected chi connectivity index (χ3v) is 1.40. The normalized spacial score (nSPS) is 10.1. The van der Waals surface area contributed by atoms with Gasteiger partial charge in [-0.25, -0.2) is 8.78 Å². The molecule has 0 aliphatic carbocycles. The molecule has 0 spiro atoms. The van der Waals surface area contributed by atoms with Gasteiger partial charge in [0.1, 0.15) is 0 Å². The summed E-state index contributed by atoms with van der Waals surface area (Å²) in [6, 6.07) is 2.16. The number of halogens is 2. The maximum atomic E-state index is 13.0. The Bertz CT molecular complexity index is 304. The van der Waals surface area contributed by atoms with Gasteiger partial charge in [0.25, 0.3) is 0 Å². The van der Waals surface area contributed by atoms with E-state index in [1.165, 1.54) is 7.11 Å². The molecule has 2 N–H and O–H groups in total. The smallest absolute Gasteiger partial charge is 0.195 e. The number of ether oxygens (including phenoxy) is 2. The number of benzene rings is 1. The zero-order valence-electron chi connectivity index (χ0n) is 7.01. The molecular formula is C8H9F2NO2. The molecular weight excluding hydrogens is 180 g/mol. The van der Waals surface area contributed by atoms with Gasteiger partial charge in [-0.1, -0.05) is 0 Å². The Labute approximate surface area is 74.1 Å². The molecule has 0 saturated heterocycles. The van der Waals surface area contributed by atoms with Crippen LogP contribution in [0.4, 0.5) is 14.5 Å². The van der Waals surface area contributed by atoms with Crippen molar-refractivity contribution in [1.29, 1.82) is 0 Å². The lowest BCUT2D eigenvalue weighted by atomic mass is 10.3. The van der Waals surface area contributed by atoms with Gasteiger partial charge in [-0.15, -0.1) is 0 Å². The highest BCUT2D eigenvalue weighted by molar-refractivity contribution is 5.46. The van der Waals surface area contributed by atoms with Gasteiger partial charge in [-0.3, -0.25) is 0 Å². The summed E-state index contributed by atoms with van der Waals surface area (Å²) >= 11 is 0. The third kappa shape index (κ3) is 2.06. The van der Waals surface area contributed by atoms with E-state index in [2.05, 4.69) is 9.47 Å². The summed E-state index contributed by atoms with van der Waals surface area (Å²) in [5.41, 5.74) is 5.04. The van der Waals surface area contributed by atoms with Gasteiger partial charge in [0.2, 0.25) is 0 Å². The van der Waals surface area contributed by atoms with E-state index in [9.17, 15) is 8.78 Å². The first-order valence-corrected chi connectivity index (χ1v) is 3.52. The first-order valence-electron chi connectivity index (χ1n) is 3.52. The Hall–Kier alpha value is -1.36. The molecule has 0 aliphatic heterocycles. The van der Waals surface area contributed by atoms with Crippen LogP contribution >= 0.6 is 0 Å². The van der Waals surface area contributed by atoms with Crippen LogP contribution in [0.2, 0.25) is 0 Å². The summed E-state index contributed by atoms with van der Waals surface area (Å²) in [6.45, 7) is -0.225. The molecule has 1 aromatic rings. The second kappa shape index (κ2) is 4.04. The molecule has 3 nitrogen and oxygen atoms in total. The lowest BCUT2D eigenvalue weighted by molar-refractivity contribution is 0.0454. The van der Waals surface area contributed by atoms with Crippen molar-refractivity contribution in [3.05, 3.63) is 23.8 Å². The van der Waals surface area contributed by atoms with Crippen LogP contribution in [-0.4, -0.2) is 13.9 Å². The molecule has 0 atom stereocenters. The van der Waals surface area contributed by atoms with E-state index in [1.807, 2.05) is 0 Å². The quantitative estimate of drug-likeness (QED) is 0.579. The van der Waals surface area contributed by atoms with Crippen molar-refractivity contribution in [3.8, 4) is 5.75 Å². The Kier molecular flexibility index (Phi) is 3.02. The average Bonchev–Trinajstić information content (AvgIpc) is 2.12. The molecule has 1 aromatic carbocycles. The van der Waals surface area contributed by atoms with Crippen LogP contribution in [0.25, 0.3) is 0 Å². The van der Waals surface area contributed by atoms with Gasteiger partial charge >= 0.3 is 0 Å². The third-order valence-electron chi connectivity index (χ3n) is 1.40. The number of hydrogen-bond acceptors (Lipinski definition) is 3. The summed E-state index contributed by atoms with van der Waals surface area (Å²) < 4.78 is 35.1. The van der Waals surface area contributed by atoms with Gasteiger partial charge in [0.15, 0.2) is 24.2 Å². The Morgan fingerprint density at radius 3 is 2.69 bits per heavy atom. The van der Waals surface area contributed by atoms with Crippen LogP contribution in [0.3, 0.4) is 0 Å². The fourth-order valence-electron chi connectivity index (χ4n) is 0.798. The Morgan fingerprint density at radius 1 is 1.38 bits per heavy atom. The van der Waals surface area contributed by atoms with Crippen LogP contribution in [0.1, 0.15) is 0 Å². The predicted octanol–water partition coefficient (Wildman–Crippen LogP) is 1.53. The molecule has 13 heavy (non-hydrogen) atoms. The van der Waals surface area contributed by atoms with E-state index >= 15 is 0 Å². The number of anilines is 1. The monoisotopic (exact) mass is 189 g/mol. The molecule has 0 unspecified atom stereocenters. The highest BCUT2D eigenvalue weighted by Crippen LogP contribution is 2.25. The first kappa shape index (κ1) is 9.73. The number of rotatable bonds is 3. The largest absolute Gasteiger partial charge is 0.461 e. The van der Waals surface area contributed by atoms with Gasteiger partial charge in [0.05, 0.1) is 5.69 Å². The van der Waals surface area contributed by atoms with Crippen LogP contribution in [0, 0.1) is 11.6 Å². The van der Waals surface area contributed by atoms with Crippen molar-refractivity contribution in [2.45, 2.75) is 0 Å². The minimum Gasteiger partial charge on any atom is -0.461 e. The minimum atomic E-state index is -0.906. The molecule has 0 fully saturated rings. The fraction of sp³-hybridized carbons (Fsp3) is 0.250. The molecule has 5 heteroatoms. The van der Waals surface area contributed by atoms with Crippen molar-refractivity contribution < 1.29 is 18.3 Å². The van der Waals surface area contributed by atoms with E-state index < -0.39 is 17.4 Å². The predicted molar refractivity (Wildman–Crippen MR) is 43.3 cm³/mol. The maximum Gasteiger partial charge on any atom is 0.195 e. The molecule has 0 amide bonds. The van der Waals surface area contributed by atoms with Gasteiger partial charge in [-0.2, -0.15) is 0 Å². The maximum absolute atomic E-state index is 13.0. The highest BCUT2D eigenvalue weighted by atomic mass is 19.1. The Balaban J connectivity index is 2.96. The van der Waals surface area contributed by atoms with E-state index in [-0.39, 0.29) is 12.5 Å². The fourth-order valence-corrected chi connectivity index (χ4v) is 0.798. The number of nitrogens with two attached hydrogens (primary N) is 1. The van der Waals surface area contributed by atoms with Crippen LogP contribution in [0.5, 0.6) is 5.75 Å². The molecule has 0 radical (unpaired) electrons. The lowest BCUT2D eigenvalue weighted by Gasteiger charge is -2.07. The van der Waals surface area contributed by atoms with Gasteiger partial charge in [-0.05, 0) is 12.1 Å². The average molecular weight is 189 g/mol. The van der Waals surface area contributed by atoms with Gasteiger partial charge < -0.3 is 15.2 Å². The van der Waals surface area contributed by atoms with Gasteiger partial charge in [0, 0.05) is 7.11 Å². The molecule has 0 saturated carbocycles. The van der Waals surface area contributed by atoms with E-state index in [1.54, 1.807) is 0 Å². The second-order valence-electron chi connectivity index (χ2n) is 2.33. The van der Waals surface area contributed by atoms with Crippen molar-refractivity contribution in [2.75, 3.05) is 19.6 Å². The van der Waals surface area contributed by atoms with E-state index in [0.717, 1.165) is 12.1 Å². The summed E-state index contributed by atoms with van der Waals surface area (Å²) in [4.78, 5) is 0. The van der Waals surface area contributed by atoms with Crippen molar-refractivity contribution in [2.24, 2.45) is 0 Å².